The van der Waals surface area contributed by atoms with Crippen LogP contribution >= 0.6 is 0 Å². The zero-order valence-corrected chi connectivity index (χ0v) is 31.4. The number of esters is 1. The number of nitrogens with two attached hydrogens (primary N) is 2. The molecule has 0 bridgehead atoms. The van der Waals surface area contributed by atoms with Crippen LogP contribution < -0.4 is 42.8 Å². The number of benzene rings is 1. The van der Waals surface area contributed by atoms with E-state index in [1.165, 1.54) is 32.2 Å². The second kappa shape index (κ2) is 21.7. The molecule has 16 nitrogen and oxygen atoms in total. The van der Waals surface area contributed by atoms with Crippen LogP contribution in [0.15, 0.2) is 18.2 Å². The minimum atomic E-state index is -1.08. The zero-order chi connectivity index (χ0) is 38.8. The van der Waals surface area contributed by atoms with Crippen molar-refractivity contribution in [2.24, 2.45) is 22.8 Å². The summed E-state index contributed by atoms with van der Waals surface area (Å²) in [6, 6.07) is 1.48. The average molecular weight is 722 g/mol. The van der Waals surface area contributed by atoms with E-state index in [4.69, 9.17) is 25.7 Å². The molecule has 0 radical (unpaired) electrons. The predicted molar refractivity (Wildman–Crippen MR) is 193 cm³/mol. The van der Waals surface area contributed by atoms with Gasteiger partial charge in [-0.2, -0.15) is 0 Å². The fraction of sp³-hybridized carbons (Fsp3) is 0.657. The van der Waals surface area contributed by atoms with E-state index in [0.29, 0.717) is 32.5 Å². The minimum Gasteiger partial charge on any atom is -0.483 e. The highest BCUT2D eigenvalue weighted by Gasteiger charge is 2.29. The lowest BCUT2D eigenvalue weighted by molar-refractivity contribution is -0.131. The van der Waals surface area contributed by atoms with Crippen LogP contribution in [0, 0.1) is 11.3 Å². The van der Waals surface area contributed by atoms with Gasteiger partial charge in [0, 0.05) is 38.4 Å². The van der Waals surface area contributed by atoms with Crippen LogP contribution in [0.5, 0.6) is 5.75 Å². The third-order valence-electron chi connectivity index (χ3n) is 8.02. The Morgan fingerprint density at radius 1 is 0.902 bits per heavy atom. The molecule has 51 heavy (non-hydrogen) atoms. The molecule has 0 aliphatic rings. The molecule has 1 aromatic carbocycles. The van der Waals surface area contributed by atoms with E-state index < -0.39 is 54.3 Å². The number of hydrogen-bond donors (Lipinski definition) is 7. The molecular formula is C35H59N7O9. The van der Waals surface area contributed by atoms with Crippen LogP contribution in [0.3, 0.4) is 0 Å². The van der Waals surface area contributed by atoms with Crippen molar-refractivity contribution in [2.45, 2.75) is 98.3 Å². The average Bonchev–Trinajstić information content (AvgIpc) is 3.05. The van der Waals surface area contributed by atoms with Crippen molar-refractivity contribution in [3.05, 3.63) is 23.8 Å². The zero-order valence-electron chi connectivity index (χ0n) is 31.4. The quantitative estimate of drug-likeness (QED) is 0.0640. The Hall–Kier alpha value is -4.44. The van der Waals surface area contributed by atoms with Crippen LogP contribution in [-0.2, 0) is 28.7 Å². The van der Waals surface area contributed by atoms with Crippen molar-refractivity contribution in [3.63, 3.8) is 0 Å². The van der Waals surface area contributed by atoms with Gasteiger partial charge in [0.25, 0.3) is 5.91 Å². The van der Waals surface area contributed by atoms with Crippen LogP contribution in [0.2, 0.25) is 0 Å². The van der Waals surface area contributed by atoms with E-state index in [1.54, 1.807) is 13.8 Å². The number of primary amides is 1. The number of carbonyl (C=O) groups excluding carboxylic acids is 6. The molecule has 0 saturated heterocycles. The fourth-order valence-corrected chi connectivity index (χ4v) is 4.74. The highest BCUT2D eigenvalue weighted by Crippen LogP contribution is 2.25. The van der Waals surface area contributed by atoms with Gasteiger partial charge in [0.2, 0.25) is 17.7 Å². The molecule has 9 N–H and O–H groups in total. The van der Waals surface area contributed by atoms with E-state index >= 15 is 0 Å². The summed E-state index contributed by atoms with van der Waals surface area (Å²) >= 11 is 0. The lowest BCUT2D eigenvalue weighted by Crippen LogP contribution is -2.54. The summed E-state index contributed by atoms with van der Waals surface area (Å²) in [5.74, 6) is -3.02. The molecule has 1 rings (SSSR count). The summed E-state index contributed by atoms with van der Waals surface area (Å²) in [6.07, 6.45) is 2.61. The number of methoxy groups -OCH3 is 1. The number of anilines is 1. The number of carbonyl (C=O) groups is 6. The van der Waals surface area contributed by atoms with Gasteiger partial charge in [-0.25, -0.2) is 9.59 Å². The summed E-state index contributed by atoms with van der Waals surface area (Å²) < 4.78 is 16.6. The monoisotopic (exact) mass is 721 g/mol. The van der Waals surface area contributed by atoms with Gasteiger partial charge < -0.3 is 52.3 Å². The van der Waals surface area contributed by atoms with Crippen LogP contribution in [-0.4, -0.2) is 93.3 Å². The highest BCUT2D eigenvalue weighted by atomic mass is 16.5. The van der Waals surface area contributed by atoms with Crippen LogP contribution in [0.25, 0.3) is 0 Å². The van der Waals surface area contributed by atoms with Crippen molar-refractivity contribution in [1.29, 1.82) is 0 Å². The number of urea groups is 1. The van der Waals surface area contributed by atoms with Gasteiger partial charge in [-0.15, -0.1) is 0 Å². The second-order valence-electron chi connectivity index (χ2n) is 14.1. The molecule has 1 aromatic rings. The molecule has 6 amide bonds. The molecule has 16 heteroatoms. The maximum atomic E-state index is 13.4. The number of rotatable bonds is 23. The van der Waals surface area contributed by atoms with Crippen molar-refractivity contribution < 1.29 is 43.0 Å². The fourth-order valence-electron chi connectivity index (χ4n) is 4.74. The smallest absolute Gasteiger partial charge is 0.341 e. The first kappa shape index (κ1) is 44.6. The highest BCUT2D eigenvalue weighted by molar-refractivity contribution is 5.99. The normalized spacial score (nSPS) is 12.7. The summed E-state index contributed by atoms with van der Waals surface area (Å²) in [7, 11) is 1.20. The summed E-state index contributed by atoms with van der Waals surface area (Å²) in [4.78, 5) is 74.4. The largest absolute Gasteiger partial charge is 0.483 e. The van der Waals surface area contributed by atoms with Crippen molar-refractivity contribution in [1.82, 2.24) is 21.3 Å². The van der Waals surface area contributed by atoms with Crippen molar-refractivity contribution in [2.75, 3.05) is 45.3 Å². The third-order valence-corrected chi connectivity index (χ3v) is 8.02. The number of ether oxygens (including phenoxy) is 3. The molecule has 288 valence electrons. The van der Waals surface area contributed by atoms with Gasteiger partial charge >= 0.3 is 12.0 Å². The minimum absolute atomic E-state index is 0.00165. The SMILES string of the molecule is COC(=O)c1ccc(NC(=O)[C@H](CCCNC(N)=O)NC(=O)C(NC(C)=O)C(C)C)cc1OCC(=O)NCCCC(C)(C)OCCC(C)(C)CN. The van der Waals surface area contributed by atoms with Crippen molar-refractivity contribution >= 4 is 41.3 Å². The Morgan fingerprint density at radius 2 is 1.57 bits per heavy atom. The van der Waals surface area contributed by atoms with Crippen molar-refractivity contribution in [3.8, 4) is 5.75 Å². The van der Waals surface area contributed by atoms with Gasteiger partial charge in [-0.1, -0.05) is 27.7 Å². The molecule has 0 aliphatic carbocycles. The molecule has 0 aromatic heterocycles. The van der Waals surface area contributed by atoms with Gasteiger partial charge in [0.05, 0.1) is 12.7 Å². The van der Waals surface area contributed by atoms with E-state index in [0.717, 1.165) is 6.42 Å². The van der Waals surface area contributed by atoms with E-state index in [9.17, 15) is 28.8 Å². The van der Waals surface area contributed by atoms with E-state index in [2.05, 4.69) is 40.4 Å². The predicted octanol–water partition coefficient (Wildman–Crippen LogP) is 1.95. The van der Waals surface area contributed by atoms with Gasteiger partial charge in [0.15, 0.2) is 6.61 Å². The maximum Gasteiger partial charge on any atom is 0.341 e. The summed E-state index contributed by atoms with van der Waals surface area (Å²) in [5.41, 5.74) is 10.8. The number of amides is 6. The molecule has 0 spiro atoms. The first-order valence-corrected chi connectivity index (χ1v) is 17.2. The van der Waals surface area contributed by atoms with Gasteiger partial charge in [0.1, 0.15) is 23.4 Å². The topological polar surface area (TPSA) is 242 Å². The Bertz CT molecular complexity index is 1330. The molecular weight excluding hydrogens is 662 g/mol. The standard InChI is InChI=1S/C35H59N7O9/c1-22(2)29(40-23(3)43)31(46)42-26(11-9-16-39-33(37)48)30(45)41-24-12-13-25(32(47)49-8)27(19-24)50-20-28(44)38-17-10-14-35(6,7)51-18-15-34(4,5)21-36/h12-13,19,22,26,29H,9-11,14-18,20-21,36H2,1-8H3,(H,38,44)(H,40,43)(H,41,45)(H,42,46)(H3,37,39,48)/t26-,29?/m0/s1. The Kier molecular flexibility index (Phi) is 19.0. The molecule has 0 aliphatic heterocycles. The summed E-state index contributed by atoms with van der Waals surface area (Å²) in [5, 5.41) is 13.2. The number of nitrogens with one attached hydrogen (secondary N) is 5. The Labute approximate surface area is 301 Å². The molecule has 0 heterocycles. The third kappa shape index (κ3) is 17.9. The van der Waals surface area contributed by atoms with Gasteiger partial charge in [-0.3, -0.25) is 19.2 Å². The van der Waals surface area contributed by atoms with Crippen LogP contribution in [0.4, 0.5) is 10.5 Å². The molecule has 0 fully saturated rings. The molecule has 0 saturated carbocycles. The van der Waals surface area contributed by atoms with E-state index in [-0.39, 0.29) is 53.3 Å². The van der Waals surface area contributed by atoms with Gasteiger partial charge in [-0.05, 0) is 76.0 Å². The first-order valence-electron chi connectivity index (χ1n) is 17.2. The second-order valence-corrected chi connectivity index (χ2v) is 14.1. The Morgan fingerprint density at radius 3 is 2.16 bits per heavy atom. The lowest BCUT2D eigenvalue weighted by Gasteiger charge is -2.29. The first-order chi connectivity index (χ1) is 23.8. The summed E-state index contributed by atoms with van der Waals surface area (Å²) in [6.45, 7) is 14.2. The molecule has 1 unspecified atom stereocenters. The molecule has 2 atom stereocenters. The maximum absolute atomic E-state index is 13.4. The number of hydrogen-bond acceptors (Lipinski definition) is 10. The lowest BCUT2D eigenvalue weighted by atomic mass is 9.90. The Balaban J connectivity index is 2.95. The van der Waals surface area contributed by atoms with E-state index in [1.807, 2.05) is 13.8 Å². The van der Waals surface area contributed by atoms with Crippen LogP contribution in [0.1, 0.15) is 90.9 Å².